The Hall–Kier alpha value is -1.87. The molecule has 1 saturated heterocycles. The zero-order valence-corrected chi connectivity index (χ0v) is 16.2. The van der Waals surface area contributed by atoms with Gasteiger partial charge in [0.25, 0.3) is 0 Å². The van der Waals surface area contributed by atoms with Gasteiger partial charge in [-0.3, -0.25) is 4.98 Å². The molecule has 1 aliphatic rings. The van der Waals surface area contributed by atoms with E-state index in [9.17, 15) is 18.3 Å². The maximum absolute atomic E-state index is 12.8. The molecule has 0 aromatic carbocycles. The van der Waals surface area contributed by atoms with Gasteiger partial charge in [-0.2, -0.15) is 13.2 Å². The van der Waals surface area contributed by atoms with Crippen molar-refractivity contribution in [1.82, 2.24) is 9.97 Å². The molecule has 1 N–H and O–H groups in total. The van der Waals surface area contributed by atoms with Crippen LogP contribution in [0.3, 0.4) is 0 Å². The number of alkyl halides is 3. The average molecular weight is 446 g/mol. The van der Waals surface area contributed by atoms with Gasteiger partial charge in [0.05, 0.1) is 29.6 Å². The first-order chi connectivity index (χ1) is 12.8. The molecule has 0 radical (unpaired) electrons. The van der Waals surface area contributed by atoms with Crippen molar-refractivity contribution in [3.63, 3.8) is 0 Å². The molecule has 3 heterocycles. The molecule has 1 aliphatic heterocycles. The molecule has 0 spiro atoms. The highest BCUT2D eigenvalue weighted by atomic mass is 79.9. The Morgan fingerprint density at radius 3 is 2.59 bits per heavy atom. The lowest BCUT2D eigenvalue weighted by molar-refractivity contribution is -0.141. The van der Waals surface area contributed by atoms with Crippen molar-refractivity contribution in [2.24, 2.45) is 5.92 Å². The van der Waals surface area contributed by atoms with Gasteiger partial charge >= 0.3 is 6.18 Å². The fraction of sp³-hybridized carbons (Fsp3) is 0.444. The van der Waals surface area contributed by atoms with Crippen LogP contribution in [-0.4, -0.2) is 35.3 Å². The lowest BCUT2D eigenvalue weighted by atomic mass is 9.87. The van der Waals surface area contributed by atoms with Crippen molar-refractivity contribution in [1.29, 1.82) is 0 Å². The number of hydrogen-bond donors (Lipinski definition) is 1. The molecule has 0 amide bonds. The van der Waals surface area contributed by atoms with E-state index in [0.29, 0.717) is 42.9 Å². The highest BCUT2D eigenvalue weighted by Crippen LogP contribution is 2.38. The fourth-order valence-electron chi connectivity index (χ4n) is 3.34. The zero-order chi connectivity index (χ0) is 19.6. The first kappa shape index (κ1) is 19.9. The van der Waals surface area contributed by atoms with Crippen LogP contribution in [0.1, 0.15) is 30.2 Å². The Balaban J connectivity index is 1.68. The van der Waals surface area contributed by atoms with Crippen molar-refractivity contribution in [2.75, 3.05) is 25.1 Å². The van der Waals surface area contributed by atoms with Crippen LogP contribution in [0, 0.1) is 5.92 Å². The van der Waals surface area contributed by atoms with Crippen LogP contribution in [-0.2, 0) is 6.18 Å². The predicted octanol–water partition coefficient (Wildman–Crippen LogP) is 4.22. The number of anilines is 1. The second kappa shape index (κ2) is 8.02. The minimum atomic E-state index is -4.49. The van der Waals surface area contributed by atoms with Crippen LogP contribution in [0.15, 0.2) is 35.2 Å². The molecule has 9 heteroatoms. The summed E-state index contributed by atoms with van der Waals surface area (Å²) in [6, 6.07) is 3.15. The van der Waals surface area contributed by atoms with Crippen molar-refractivity contribution in [3.8, 4) is 5.75 Å². The van der Waals surface area contributed by atoms with Gasteiger partial charge in [0, 0.05) is 31.0 Å². The number of rotatable bonds is 4. The van der Waals surface area contributed by atoms with Gasteiger partial charge in [0.1, 0.15) is 5.75 Å². The number of nitrogens with zero attached hydrogens (tertiary/aromatic N) is 3. The molecule has 0 saturated carbocycles. The number of pyridine rings is 2. The maximum Gasteiger partial charge on any atom is 0.434 e. The van der Waals surface area contributed by atoms with Crippen LogP contribution in [0.4, 0.5) is 18.9 Å². The molecule has 0 aliphatic carbocycles. The maximum atomic E-state index is 12.8. The van der Waals surface area contributed by atoms with E-state index in [4.69, 9.17) is 4.74 Å². The Bertz CT molecular complexity index is 796. The minimum Gasteiger partial charge on any atom is -0.496 e. The normalized spacial score (nSPS) is 17.0. The summed E-state index contributed by atoms with van der Waals surface area (Å²) in [6.45, 7) is 1.23. The SMILES string of the molecule is COc1ccncc1C(O)C1CCN(c2cnc(C(F)(F)F)c(Br)c2)CC1. The lowest BCUT2D eigenvalue weighted by Crippen LogP contribution is -2.36. The van der Waals surface area contributed by atoms with Crippen LogP contribution >= 0.6 is 15.9 Å². The van der Waals surface area contributed by atoms with E-state index >= 15 is 0 Å². The monoisotopic (exact) mass is 445 g/mol. The van der Waals surface area contributed by atoms with Gasteiger partial charge in [-0.25, -0.2) is 4.98 Å². The number of aromatic nitrogens is 2. The summed E-state index contributed by atoms with van der Waals surface area (Å²) in [5.41, 5.74) is 0.347. The summed E-state index contributed by atoms with van der Waals surface area (Å²) in [6.07, 6.45) is 0.648. The Kier molecular flexibility index (Phi) is 5.90. The standard InChI is InChI=1S/C18H19BrF3N3O2/c1-27-15-2-5-23-10-13(15)16(26)11-3-6-25(7-4-11)12-8-14(19)17(24-9-12)18(20,21)22/h2,5,8-11,16,26H,3-4,6-7H2,1H3. The number of ether oxygens (including phenoxy) is 1. The number of aliphatic hydroxyl groups is 1. The van der Waals surface area contributed by atoms with E-state index < -0.39 is 18.0 Å². The van der Waals surface area contributed by atoms with Gasteiger partial charge in [-0.15, -0.1) is 0 Å². The van der Waals surface area contributed by atoms with Crippen molar-refractivity contribution < 1.29 is 23.0 Å². The smallest absolute Gasteiger partial charge is 0.434 e. The summed E-state index contributed by atoms with van der Waals surface area (Å²) < 4.78 is 43.7. The van der Waals surface area contributed by atoms with E-state index in [1.54, 1.807) is 25.6 Å². The first-order valence-electron chi connectivity index (χ1n) is 8.45. The molecular weight excluding hydrogens is 427 g/mol. The first-order valence-corrected chi connectivity index (χ1v) is 9.24. The molecule has 0 bridgehead atoms. The fourth-order valence-corrected chi connectivity index (χ4v) is 3.90. The van der Waals surface area contributed by atoms with Crippen LogP contribution in [0.2, 0.25) is 0 Å². The lowest BCUT2D eigenvalue weighted by Gasteiger charge is -2.35. The third-order valence-corrected chi connectivity index (χ3v) is 5.40. The number of hydrogen-bond acceptors (Lipinski definition) is 5. The Morgan fingerprint density at radius 2 is 2.00 bits per heavy atom. The van der Waals surface area contributed by atoms with Gasteiger partial charge in [0.15, 0.2) is 5.69 Å². The summed E-state index contributed by atoms with van der Waals surface area (Å²) in [5, 5.41) is 10.7. The minimum absolute atomic E-state index is 0.0187. The van der Waals surface area contributed by atoms with E-state index in [0.717, 1.165) is 0 Å². The van der Waals surface area contributed by atoms with Gasteiger partial charge < -0.3 is 14.7 Å². The number of aliphatic hydroxyl groups excluding tert-OH is 1. The second-order valence-electron chi connectivity index (χ2n) is 6.41. The number of methoxy groups -OCH3 is 1. The van der Waals surface area contributed by atoms with Crippen LogP contribution in [0.5, 0.6) is 5.75 Å². The second-order valence-corrected chi connectivity index (χ2v) is 7.26. The molecule has 2 aromatic heterocycles. The van der Waals surface area contributed by atoms with Crippen LogP contribution in [0.25, 0.3) is 0 Å². The van der Waals surface area contributed by atoms with Gasteiger partial charge in [-0.05, 0) is 46.8 Å². The summed E-state index contributed by atoms with van der Waals surface area (Å²) >= 11 is 2.96. The Labute approximate surface area is 163 Å². The average Bonchev–Trinajstić information content (AvgIpc) is 2.66. The molecule has 2 aromatic rings. The molecule has 1 atom stereocenters. The number of piperidine rings is 1. The summed E-state index contributed by atoms with van der Waals surface area (Å²) in [7, 11) is 1.55. The van der Waals surface area contributed by atoms with Gasteiger partial charge in [0.2, 0.25) is 0 Å². The molecule has 1 unspecified atom stereocenters. The molecule has 146 valence electrons. The van der Waals surface area contributed by atoms with Crippen molar-refractivity contribution in [2.45, 2.75) is 25.1 Å². The highest BCUT2D eigenvalue weighted by molar-refractivity contribution is 9.10. The van der Waals surface area contributed by atoms with Crippen molar-refractivity contribution in [3.05, 3.63) is 46.5 Å². The van der Waals surface area contributed by atoms with E-state index in [1.807, 2.05) is 4.90 Å². The van der Waals surface area contributed by atoms with E-state index in [1.165, 1.54) is 12.3 Å². The topological polar surface area (TPSA) is 58.5 Å². The van der Waals surface area contributed by atoms with Crippen LogP contribution < -0.4 is 9.64 Å². The van der Waals surface area contributed by atoms with Gasteiger partial charge in [-0.1, -0.05) is 0 Å². The molecule has 3 rings (SSSR count). The zero-order valence-electron chi connectivity index (χ0n) is 14.6. The quantitative estimate of drug-likeness (QED) is 0.763. The largest absolute Gasteiger partial charge is 0.496 e. The highest BCUT2D eigenvalue weighted by Gasteiger charge is 2.35. The third kappa shape index (κ3) is 4.35. The van der Waals surface area contributed by atoms with E-state index in [2.05, 4.69) is 25.9 Å². The summed E-state index contributed by atoms with van der Waals surface area (Å²) in [5.74, 6) is 0.612. The molecule has 5 nitrogen and oxygen atoms in total. The Morgan fingerprint density at radius 1 is 1.30 bits per heavy atom. The molecular formula is C18H19BrF3N3O2. The summed E-state index contributed by atoms with van der Waals surface area (Å²) in [4.78, 5) is 9.59. The van der Waals surface area contributed by atoms with E-state index in [-0.39, 0.29) is 10.4 Å². The third-order valence-electron chi connectivity index (χ3n) is 4.80. The number of halogens is 4. The van der Waals surface area contributed by atoms with Crippen molar-refractivity contribution >= 4 is 21.6 Å². The molecule has 27 heavy (non-hydrogen) atoms. The predicted molar refractivity (Wildman–Crippen MR) is 97.6 cm³/mol. The molecule has 1 fully saturated rings.